The Balaban J connectivity index is 1.71. The minimum absolute atomic E-state index is 0.0376. The molecule has 3 aromatic heterocycles. The highest BCUT2D eigenvalue weighted by atomic mass is 32.2. The van der Waals surface area contributed by atoms with E-state index in [1.54, 1.807) is 29.1 Å². The summed E-state index contributed by atoms with van der Waals surface area (Å²) in [5.41, 5.74) is 2.33. The Morgan fingerprint density at radius 3 is 2.72 bits per heavy atom. The standard InChI is InChI=1S/C20H22N4O4S/c1-13-18-15(20(25)23-7-2-3-8-23)11-16(17-5-4-9-28-17)21-19(18)24(22-13)14-6-10-29(26,27)12-14/h4-5,9,11,14H,2-3,6-8,10,12H2,1H3/t14-/m1/s1. The lowest BCUT2D eigenvalue weighted by Crippen LogP contribution is -2.28. The molecule has 1 atom stereocenters. The van der Waals surface area contributed by atoms with Gasteiger partial charge in [0.25, 0.3) is 5.91 Å². The predicted octanol–water partition coefficient (Wildman–Crippen LogP) is 2.60. The fourth-order valence-corrected chi connectivity index (χ4v) is 6.04. The molecule has 0 saturated carbocycles. The summed E-state index contributed by atoms with van der Waals surface area (Å²) < 4.78 is 31.3. The van der Waals surface area contributed by atoms with Gasteiger partial charge in [-0.25, -0.2) is 18.1 Å². The van der Waals surface area contributed by atoms with Crippen LogP contribution in [0.4, 0.5) is 0 Å². The number of carbonyl (C=O) groups is 1. The Bertz CT molecular complexity index is 1190. The highest BCUT2D eigenvalue weighted by Gasteiger charge is 2.33. The minimum atomic E-state index is -3.08. The molecule has 3 aromatic rings. The van der Waals surface area contributed by atoms with Crippen LogP contribution in [0.1, 0.15) is 41.4 Å². The van der Waals surface area contributed by atoms with Crippen molar-refractivity contribution in [2.45, 2.75) is 32.2 Å². The van der Waals surface area contributed by atoms with Crippen LogP contribution < -0.4 is 0 Å². The molecule has 1 amide bonds. The normalized spacial score (nSPS) is 21.3. The van der Waals surface area contributed by atoms with Crippen LogP contribution in [0.15, 0.2) is 28.9 Å². The van der Waals surface area contributed by atoms with Crippen LogP contribution in [0.3, 0.4) is 0 Å². The lowest BCUT2D eigenvalue weighted by molar-refractivity contribution is 0.0794. The van der Waals surface area contributed by atoms with Gasteiger partial charge in [0.2, 0.25) is 0 Å². The molecule has 0 unspecified atom stereocenters. The summed E-state index contributed by atoms with van der Waals surface area (Å²) in [5, 5.41) is 5.31. The maximum atomic E-state index is 13.3. The number of sulfone groups is 1. The molecule has 0 spiro atoms. The number of aromatic nitrogens is 3. The minimum Gasteiger partial charge on any atom is -0.463 e. The summed E-state index contributed by atoms with van der Waals surface area (Å²) in [6.45, 7) is 3.33. The number of rotatable bonds is 3. The van der Waals surface area contributed by atoms with Gasteiger partial charge in [-0.05, 0) is 44.4 Å². The van der Waals surface area contributed by atoms with Crippen LogP contribution in [-0.4, -0.2) is 58.6 Å². The first kappa shape index (κ1) is 18.4. The van der Waals surface area contributed by atoms with E-state index >= 15 is 0 Å². The highest BCUT2D eigenvalue weighted by Crippen LogP contribution is 2.33. The molecule has 2 aliphatic rings. The third kappa shape index (κ3) is 3.13. The second-order valence-corrected chi connectivity index (χ2v) is 10.0. The smallest absolute Gasteiger partial charge is 0.254 e. The molecule has 2 aliphatic heterocycles. The number of aryl methyl sites for hydroxylation is 1. The van der Waals surface area contributed by atoms with Gasteiger partial charge >= 0.3 is 0 Å². The summed E-state index contributed by atoms with van der Waals surface area (Å²) in [5.74, 6) is 0.720. The number of likely N-dealkylation sites (tertiary alicyclic amines) is 1. The predicted molar refractivity (Wildman–Crippen MR) is 107 cm³/mol. The molecule has 0 radical (unpaired) electrons. The van der Waals surface area contributed by atoms with Crippen LogP contribution in [0, 0.1) is 6.92 Å². The number of amides is 1. The first-order chi connectivity index (χ1) is 13.9. The van der Waals surface area contributed by atoms with E-state index in [4.69, 9.17) is 9.40 Å². The zero-order valence-corrected chi connectivity index (χ0v) is 17.0. The quantitative estimate of drug-likeness (QED) is 0.653. The van der Waals surface area contributed by atoms with E-state index in [-0.39, 0.29) is 23.5 Å². The zero-order valence-electron chi connectivity index (χ0n) is 16.2. The molecule has 8 nitrogen and oxygen atoms in total. The topological polar surface area (TPSA) is 98.3 Å². The van der Waals surface area contributed by atoms with Crippen LogP contribution in [0.25, 0.3) is 22.5 Å². The summed E-state index contributed by atoms with van der Waals surface area (Å²) in [7, 11) is -3.08. The van der Waals surface area contributed by atoms with E-state index in [2.05, 4.69) is 5.10 Å². The average molecular weight is 414 g/mol. The Labute approximate surface area is 168 Å². The molecule has 2 fully saturated rings. The Hall–Kier alpha value is -2.68. The van der Waals surface area contributed by atoms with Crippen LogP contribution in [0.5, 0.6) is 0 Å². The van der Waals surface area contributed by atoms with Crippen LogP contribution in [0.2, 0.25) is 0 Å². The third-order valence-electron chi connectivity index (χ3n) is 5.79. The fourth-order valence-electron chi connectivity index (χ4n) is 4.35. The average Bonchev–Trinajstić information content (AvgIpc) is 3.48. The van der Waals surface area contributed by atoms with E-state index in [9.17, 15) is 13.2 Å². The number of hydrogen-bond acceptors (Lipinski definition) is 6. The Morgan fingerprint density at radius 1 is 1.28 bits per heavy atom. The SMILES string of the molecule is Cc1nn([C@@H]2CCS(=O)(=O)C2)c2nc(-c3ccco3)cc(C(=O)N3CCCC3)c12. The molecule has 29 heavy (non-hydrogen) atoms. The number of fused-ring (bicyclic) bond motifs is 1. The van der Waals surface area contributed by atoms with Crippen molar-refractivity contribution in [3.63, 3.8) is 0 Å². The molecule has 152 valence electrons. The molecule has 0 aromatic carbocycles. The van der Waals surface area contributed by atoms with E-state index in [0.29, 0.717) is 40.2 Å². The first-order valence-electron chi connectivity index (χ1n) is 9.86. The maximum absolute atomic E-state index is 13.3. The van der Waals surface area contributed by atoms with Crippen molar-refractivity contribution in [3.05, 3.63) is 35.7 Å². The van der Waals surface area contributed by atoms with Crippen LogP contribution >= 0.6 is 0 Å². The summed E-state index contributed by atoms with van der Waals surface area (Å²) in [6, 6.07) is 5.07. The van der Waals surface area contributed by atoms with Crippen molar-refractivity contribution in [2.24, 2.45) is 0 Å². The van der Waals surface area contributed by atoms with E-state index in [0.717, 1.165) is 25.9 Å². The van der Waals surface area contributed by atoms with Crippen molar-refractivity contribution < 1.29 is 17.6 Å². The largest absolute Gasteiger partial charge is 0.463 e. The van der Waals surface area contributed by atoms with E-state index in [1.807, 2.05) is 11.8 Å². The van der Waals surface area contributed by atoms with Gasteiger partial charge in [0, 0.05) is 13.1 Å². The molecule has 9 heteroatoms. The molecular formula is C20H22N4O4S. The van der Waals surface area contributed by atoms with Gasteiger partial charge in [0.05, 0.1) is 40.5 Å². The molecule has 0 aliphatic carbocycles. The number of carbonyl (C=O) groups excluding carboxylic acids is 1. The second-order valence-electron chi connectivity index (χ2n) is 7.82. The Morgan fingerprint density at radius 2 is 2.07 bits per heavy atom. The fraction of sp³-hybridized carbons (Fsp3) is 0.450. The third-order valence-corrected chi connectivity index (χ3v) is 7.54. The molecule has 5 heterocycles. The van der Waals surface area contributed by atoms with Gasteiger partial charge < -0.3 is 9.32 Å². The Kier molecular flexibility index (Phi) is 4.23. The molecular weight excluding hydrogens is 392 g/mol. The molecule has 0 bridgehead atoms. The lowest BCUT2D eigenvalue weighted by Gasteiger charge is -2.17. The zero-order chi connectivity index (χ0) is 20.2. The van der Waals surface area contributed by atoms with Gasteiger partial charge in [-0.1, -0.05) is 0 Å². The number of hydrogen-bond donors (Lipinski definition) is 0. The van der Waals surface area contributed by atoms with Crippen molar-refractivity contribution in [3.8, 4) is 11.5 Å². The summed E-state index contributed by atoms with van der Waals surface area (Å²) >= 11 is 0. The maximum Gasteiger partial charge on any atom is 0.254 e. The van der Waals surface area contributed by atoms with Gasteiger partial charge in [-0.2, -0.15) is 5.10 Å². The van der Waals surface area contributed by atoms with E-state index in [1.165, 1.54) is 0 Å². The van der Waals surface area contributed by atoms with Crippen LogP contribution in [-0.2, 0) is 9.84 Å². The van der Waals surface area contributed by atoms with Crippen molar-refractivity contribution in [2.75, 3.05) is 24.6 Å². The molecule has 0 N–H and O–H groups in total. The second kappa shape index (κ2) is 6.69. The molecule has 5 rings (SSSR count). The van der Waals surface area contributed by atoms with Gasteiger partial charge in [-0.3, -0.25) is 4.79 Å². The van der Waals surface area contributed by atoms with Gasteiger partial charge in [-0.15, -0.1) is 0 Å². The monoisotopic (exact) mass is 414 g/mol. The van der Waals surface area contributed by atoms with Crippen molar-refractivity contribution in [1.29, 1.82) is 0 Å². The number of furan rings is 1. The van der Waals surface area contributed by atoms with Gasteiger partial charge in [0.15, 0.2) is 21.2 Å². The van der Waals surface area contributed by atoms with Crippen molar-refractivity contribution in [1.82, 2.24) is 19.7 Å². The van der Waals surface area contributed by atoms with Crippen molar-refractivity contribution >= 4 is 26.8 Å². The highest BCUT2D eigenvalue weighted by molar-refractivity contribution is 7.91. The first-order valence-corrected chi connectivity index (χ1v) is 11.7. The summed E-state index contributed by atoms with van der Waals surface area (Å²) in [6.07, 6.45) is 4.07. The lowest BCUT2D eigenvalue weighted by atomic mass is 10.1. The summed E-state index contributed by atoms with van der Waals surface area (Å²) in [4.78, 5) is 19.9. The van der Waals surface area contributed by atoms with Gasteiger partial charge in [0.1, 0.15) is 5.69 Å². The number of pyridine rings is 1. The van der Waals surface area contributed by atoms with E-state index < -0.39 is 9.84 Å². The molecule has 2 saturated heterocycles. The number of nitrogens with zero attached hydrogens (tertiary/aromatic N) is 4.